The van der Waals surface area contributed by atoms with Crippen molar-refractivity contribution in [3.05, 3.63) is 64.7 Å². The molecule has 1 aliphatic carbocycles. The van der Waals surface area contributed by atoms with Gasteiger partial charge in [0.15, 0.2) is 6.61 Å². The average molecular weight is 330 g/mol. The number of halogens is 1. The van der Waals surface area contributed by atoms with E-state index < -0.39 is 0 Å². The summed E-state index contributed by atoms with van der Waals surface area (Å²) in [5.74, 6) is 1.03. The fourth-order valence-corrected chi connectivity index (χ4v) is 2.78. The first-order valence-corrected chi connectivity index (χ1v) is 8.24. The molecule has 0 aliphatic heterocycles. The third-order valence-electron chi connectivity index (χ3n) is 4.01. The highest BCUT2D eigenvalue weighted by molar-refractivity contribution is 6.30. The highest BCUT2D eigenvalue weighted by Crippen LogP contribution is 2.41. The molecular weight excluding hydrogens is 310 g/mol. The number of ether oxygens (including phenoxy) is 1. The van der Waals surface area contributed by atoms with Gasteiger partial charge < -0.3 is 10.1 Å². The Hall–Kier alpha value is -2.00. The number of benzene rings is 2. The van der Waals surface area contributed by atoms with Gasteiger partial charge in [-0.25, -0.2) is 0 Å². The minimum atomic E-state index is -0.109. The van der Waals surface area contributed by atoms with Crippen LogP contribution in [0.25, 0.3) is 0 Å². The van der Waals surface area contributed by atoms with Crippen molar-refractivity contribution in [2.75, 3.05) is 6.61 Å². The van der Waals surface area contributed by atoms with Crippen LogP contribution in [-0.4, -0.2) is 12.5 Å². The summed E-state index contributed by atoms with van der Waals surface area (Å²) in [4.78, 5) is 12.2. The molecule has 0 bridgehead atoms. The second-order valence-corrected chi connectivity index (χ2v) is 6.48. The van der Waals surface area contributed by atoms with Crippen LogP contribution in [0, 0.1) is 12.8 Å². The van der Waals surface area contributed by atoms with E-state index in [0.717, 1.165) is 18.4 Å². The maximum atomic E-state index is 12.2. The Balaban J connectivity index is 1.59. The number of rotatable bonds is 6. The van der Waals surface area contributed by atoms with Crippen molar-refractivity contribution >= 4 is 17.5 Å². The van der Waals surface area contributed by atoms with Gasteiger partial charge in [0.2, 0.25) is 0 Å². The van der Waals surface area contributed by atoms with Crippen LogP contribution in [0.4, 0.5) is 0 Å². The average Bonchev–Trinajstić information content (AvgIpc) is 3.36. The van der Waals surface area contributed by atoms with Gasteiger partial charge in [0.1, 0.15) is 5.75 Å². The van der Waals surface area contributed by atoms with Crippen LogP contribution in [0.5, 0.6) is 5.75 Å². The van der Waals surface area contributed by atoms with Gasteiger partial charge in [-0.3, -0.25) is 4.79 Å². The Kier molecular flexibility index (Phi) is 4.87. The van der Waals surface area contributed by atoms with Gasteiger partial charge >= 0.3 is 0 Å². The number of hydrogen-bond acceptors (Lipinski definition) is 2. The van der Waals surface area contributed by atoms with Crippen LogP contribution in [0.2, 0.25) is 5.02 Å². The molecule has 1 aliphatic rings. The summed E-state index contributed by atoms with van der Waals surface area (Å²) < 4.78 is 5.51. The van der Waals surface area contributed by atoms with E-state index in [-0.39, 0.29) is 18.6 Å². The Labute approximate surface area is 141 Å². The summed E-state index contributed by atoms with van der Waals surface area (Å²) in [6.07, 6.45) is 2.32. The lowest BCUT2D eigenvalue weighted by Crippen LogP contribution is -2.33. The number of nitrogens with one attached hydrogen (secondary N) is 1. The van der Waals surface area contributed by atoms with Gasteiger partial charge in [0, 0.05) is 5.02 Å². The summed E-state index contributed by atoms with van der Waals surface area (Å²) >= 11 is 5.91. The highest BCUT2D eigenvalue weighted by Gasteiger charge is 2.33. The van der Waals surface area contributed by atoms with E-state index >= 15 is 0 Å². The number of amides is 1. The molecule has 4 heteroatoms. The minimum absolute atomic E-state index is 0.00454. The van der Waals surface area contributed by atoms with Crippen molar-refractivity contribution in [2.24, 2.45) is 5.92 Å². The second kappa shape index (κ2) is 7.05. The van der Waals surface area contributed by atoms with Crippen LogP contribution >= 0.6 is 11.6 Å². The van der Waals surface area contributed by atoms with Gasteiger partial charge in [-0.05, 0) is 49.4 Å². The molecule has 2 aromatic carbocycles. The molecule has 120 valence electrons. The fraction of sp³-hybridized carbons (Fsp3) is 0.316. The van der Waals surface area contributed by atoms with Crippen molar-refractivity contribution in [1.82, 2.24) is 5.32 Å². The molecule has 3 rings (SSSR count). The number of carbonyl (C=O) groups excluding carboxylic acids is 1. The summed E-state index contributed by atoms with van der Waals surface area (Å²) in [6, 6.07) is 15.5. The Morgan fingerprint density at radius 1 is 1.26 bits per heavy atom. The number of hydrogen-bond donors (Lipinski definition) is 1. The van der Waals surface area contributed by atoms with Gasteiger partial charge in [-0.2, -0.15) is 0 Å². The van der Waals surface area contributed by atoms with Crippen LogP contribution in [0.1, 0.15) is 30.0 Å². The smallest absolute Gasteiger partial charge is 0.258 e. The molecule has 2 aromatic rings. The summed E-state index contributed by atoms with van der Waals surface area (Å²) in [6.45, 7) is 2.06. The van der Waals surface area contributed by atoms with E-state index in [2.05, 4.69) is 36.5 Å². The molecule has 3 nitrogen and oxygen atoms in total. The normalized spacial score (nSPS) is 15.0. The van der Waals surface area contributed by atoms with Gasteiger partial charge in [0.25, 0.3) is 5.91 Å². The Bertz CT molecular complexity index is 680. The molecule has 1 N–H and O–H groups in total. The quantitative estimate of drug-likeness (QED) is 0.858. The summed E-state index contributed by atoms with van der Waals surface area (Å²) in [7, 11) is 0. The maximum absolute atomic E-state index is 12.2. The monoisotopic (exact) mass is 329 g/mol. The molecule has 1 fully saturated rings. The van der Waals surface area contributed by atoms with Crippen LogP contribution in [0.3, 0.4) is 0 Å². The van der Waals surface area contributed by atoms with Gasteiger partial charge in [0.05, 0.1) is 6.04 Å². The predicted molar refractivity (Wildman–Crippen MR) is 91.7 cm³/mol. The van der Waals surface area contributed by atoms with Crippen molar-refractivity contribution in [1.29, 1.82) is 0 Å². The summed E-state index contributed by atoms with van der Waals surface area (Å²) in [5, 5.41) is 3.70. The first kappa shape index (κ1) is 15.9. The molecule has 1 saturated carbocycles. The molecule has 0 radical (unpaired) electrons. The van der Waals surface area contributed by atoms with Crippen molar-refractivity contribution < 1.29 is 9.53 Å². The molecule has 0 aromatic heterocycles. The van der Waals surface area contributed by atoms with Crippen molar-refractivity contribution in [3.63, 3.8) is 0 Å². The predicted octanol–water partition coefficient (Wildman–Crippen LogP) is 4.29. The van der Waals surface area contributed by atoms with Crippen LogP contribution in [0.15, 0.2) is 48.5 Å². The first-order valence-electron chi connectivity index (χ1n) is 7.86. The summed E-state index contributed by atoms with van der Waals surface area (Å²) in [5.41, 5.74) is 2.38. The minimum Gasteiger partial charge on any atom is -0.484 e. The molecule has 23 heavy (non-hydrogen) atoms. The number of aryl methyl sites for hydroxylation is 1. The van der Waals surface area contributed by atoms with E-state index in [1.165, 1.54) is 5.56 Å². The fourth-order valence-electron chi connectivity index (χ4n) is 2.60. The third-order valence-corrected chi connectivity index (χ3v) is 4.25. The lowest BCUT2D eigenvalue weighted by Gasteiger charge is -2.19. The van der Waals surface area contributed by atoms with Crippen LogP contribution in [-0.2, 0) is 4.79 Å². The van der Waals surface area contributed by atoms with E-state index in [1.54, 1.807) is 24.3 Å². The number of carbonyl (C=O) groups is 1. The molecule has 1 amide bonds. The lowest BCUT2D eigenvalue weighted by atomic mass is 10.0. The molecule has 0 saturated heterocycles. The molecule has 0 spiro atoms. The van der Waals surface area contributed by atoms with Crippen LogP contribution < -0.4 is 10.1 Å². The zero-order valence-corrected chi connectivity index (χ0v) is 13.8. The van der Waals surface area contributed by atoms with E-state index in [1.807, 2.05) is 0 Å². The SMILES string of the molecule is Cc1ccc(C(NC(=O)COc2cccc(Cl)c2)C2CC2)cc1. The largest absolute Gasteiger partial charge is 0.484 e. The van der Waals surface area contributed by atoms with E-state index in [0.29, 0.717) is 16.7 Å². The second-order valence-electron chi connectivity index (χ2n) is 6.04. The molecular formula is C19H20ClNO2. The van der Waals surface area contributed by atoms with E-state index in [9.17, 15) is 4.79 Å². The Morgan fingerprint density at radius 2 is 2.00 bits per heavy atom. The van der Waals surface area contributed by atoms with Crippen molar-refractivity contribution in [3.8, 4) is 5.75 Å². The highest BCUT2D eigenvalue weighted by atomic mass is 35.5. The molecule has 1 atom stereocenters. The van der Waals surface area contributed by atoms with Gasteiger partial charge in [-0.1, -0.05) is 47.5 Å². The Morgan fingerprint density at radius 3 is 2.65 bits per heavy atom. The lowest BCUT2D eigenvalue weighted by molar-refractivity contribution is -0.124. The molecule has 1 unspecified atom stereocenters. The van der Waals surface area contributed by atoms with E-state index in [4.69, 9.17) is 16.3 Å². The molecule has 0 heterocycles. The first-order chi connectivity index (χ1) is 11.1. The zero-order chi connectivity index (χ0) is 16.2. The maximum Gasteiger partial charge on any atom is 0.258 e. The zero-order valence-electron chi connectivity index (χ0n) is 13.1. The standard InChI is InChI=1S/C19H20ClNO2/c1-13-5-7-14(8-6-13)19(15-9-10-15)21-18(22)12-23-17-4-2-3-16(20)11-17/h2-8,11,15,19H,9-10,12H2,1H3,(H,21,22). The van der Waals surface area contributed by atoms with Crippen molar-refractivity contribution in [2.45, 2.75) is 25.8 Å². The topological polar surface area (TPSA) is 38.3 Å². The third kappa shape index (κ3) is 4.49. The van der Waals surface area contributed by atoms with Gasteiger partial charge in [-0.15, -0.1) is 0 Å².